The number of rotatable bonds is 4. The van der Waals surface area contributed by atoms with E-state index < -0.39 is 0 Å². The predicted octanol–water partition coefficient (Wildman–Crippen LogP) is 11.8. The molecule has 208 valence electrons. The van der Waals surface area contributed by atoms with E-state index in [1.54, 1.807) is 0 Å². The molecule has 8 rings (SSSR count). The summed E-state index contributed by atoms with van der Waals surface area (Å²) in [7, 11) is 0. The van der Waals surface area contributed by atoms with Gasteiger partial charge in [-0.2, -0.15) is 0 Å². The van der Waals surface area contributed by atoms with Gasteiger partial charge >= 0.3 is 0 Å². The third-order valence-corrected chi connectivity index (χ3v) is 8.85. The first kappa shape index (κ1) is 26.1. The Kier molecular flexibility index (Phi) is 6.31. The van der Waals surface area contributed by atoms with Gasteiger partial charge in [0.2, 0.25) is 0 Å². The number of nitrogens with zero attached hydrogens (tertiary/aromatic N) is 1. The fraction of sp³-hybridized carbons (Fsp3) is 0.0465. The summed E-state index contributed by atoms with van der Waals surface area (Å²) in [6, 6.07) is 51.3. The molecule has 44 heavy (non-hydrogen) atoms. The van der Waals surface area contributed by atoms with Crippen molar-refractivity contribution in [1.29, 1.82) is 0 Å². The van der Waals surface area contributed by atoms with E-state index in [1.807, 2.05) is 12.4 Å². The Morgan fingerprint density at radius 1 is 0.341 bits per heavy atom. The fourth-order valence-corrected chi connectivity index (χ4v) is 6.81. The predicted molar refractivity (Wildman–Crippen MR) is 188 cm³/mol. The van der Waals surface area contributed by atoms with Gasteiger partial charge in [0, 0.05) is 18.0 Å². The lowest BCUT2D eigenvalue weighted by Crippen LogP contribution is -1.92. The smallest absolute Gasteiger partial charge is 0.0346 e. The molecular formula is C43H31N. The van der Waals surface area contributed by atoms with Gasteiger partial charge in [0.1, 0.15) is 0 Å². The van der Waals surface area contributed by atoms with Crippen molar-refractivity contribution in [3.05, 3.63) is 163 Å². The molecule has 1 heterocycles. The van der Waals surface area contributed by atoms with E-state index in [4.69, 9.17) is 0 Å². The molecule has 0 N–H and O–H groups in total. The zero-order valence-corrected chi connectivity index (χ0v) is 24.9. The van der Waals surface area contributed by atoms with Crippen LogP contribution >= 0.6 is 0 Å². The van der Waals surface area contributed by atoms with Gasteiger partial charge in [-0.3, -0.25) is 4.98 Å². The summed E-state index contributed by atoms with van der Waals surface area (Å²) in [4.78, 5) is 4.46. The summed E-state index contributed by atoms with van der Waals surface area (Å²) in [5.74, 6) is 0. The summed E-state index contributed by atoms with van der Waals surface area (Å²) in [5, 5.41) is 7.57. The fourth-order valence-electron chi connectivity index (χ4n) is 6.81. The molecule has 0 aliphatic heterocycles. The second-order valence-corrected chi connectivity index (χ2v) is 11.7. The molecule has 0 aliphatic carbocycles. The van der Waals surface area contributed by atoms with Crippen LogP contribution in [0, 0.1) is 13.8 Å². The molecule has 0 fully saturated rings. The third kappa shape index (κ3) is 4.37. The lowest BCUT2D eigenvalue weighted by atomic mass is 9.84. The molecule has 0 bridgehead atoms. The van der Waals surface area contributed by atoms with E-state index >= 15 is 0 Å². The highest BCUT2D eigenvalue weighted by molar-refractivity contribution is 6.24. The van der Waals surface area contributed by atoms with E-state index in [-0.39, 0.29) is 0 Å². The second kappa shape index (κ2) is 10.6. The Hall–Kier alpha value is -5.53. The maximum Gasteiger partial charge on any atom is 0.0346 e. The number of pyridine rings is 1. The number of fused-ring (bicyclic) bond motifs is 3. The lowest BCUT2D eigenvalue weighted by Gasteiger charge is -2.19. The molecule has 1 nitrogen and oxygen atoms in total. The summed E-state index contributed by atoms with van der Waals surface area (Å²) in [6.07, 6.45) is 3.86. The summed E-state index contributed by atoms with van der Waals surface area (Å²) in [5.41, 5.74) is 12.3. The van der Waals surface area contributed by atoms with Crippen LogP contribution in [0.5, 0.6) is 0 Å². The summed E-state index contributed by atoms with van der Waals surface area (Å²) < 4.78 is 0. The molecule has 7 aromatic carbocycles. The molecule has 0 saturated heterocycles. The molecule has 0 aliphatic rings. The maximum atomic E-state index is 4.46. The highest BCUT2D eigenvalue weighted by Gasteiger charge is 2.18. The van der Waals surface area contributed by atoms with E-state index in [2.05, 4.69) is 158 Å². The van der Waals surface area contributed by atoms with Crippen LogP contribution in [0.25, 0.3) is 76.8 Å². The molecule has 0 unspecified atom stereocenters. The van der Waals surface area contributed by atoms with Gasteiger partial charge in [0.15, 0.2) is 0 Å². The van der Waals surface area contributed by atoms with Gasteiger partial charge in [0.25, 0.3) is 0 Å². The largest absolute Gasteiger partial charge is 0.264 e. The molecule has 0 saturated carbocycles. The standard InChI is InChI=1S/C43H31N/c1-28-20-22-30(23-21-28)34-16-8-18-36-35(34)17-9-19-37(36)43-40-14-5-3-12-38(40)42(39-13-4-6-15-41(39)43)32-11-7-10-31(25-32)33-24-29(2)26-44-27-33/h3-27H,1-2H3. The Labute approximate surface area is 258 Å². The maximum absolute atomic E-state index is 4.46. The minimum atomic E-state index is 1.14. The van der Waals surface area contributed by atoms with E-state index in [0.29, 0.717) is 0 Å². The van der Waals surface area contributed by atoms with E-state index in [0.717, 1.165) is 11.1 Å². The summed E-state index contributed by atoms with van der Waals surface area (Å²) in [6.45, 7) is 4.23. The Morgan fingerprint density at radius 3 is 1.55 bits per heavy atom. The quantitative estimate of drug-likeness (QED) is 0.195. The lowest BCUT2D eigenvalue weighted by molar-refractivity contribution is 1.27. The van der Waals surface area contributed by atoms with Gasteiger partial charge in [-0.05, 0) is 103 Å². The van der Waals surface area contributed by atoms with Crippen LogP contribution in [0.4, 0.5) is 0 Å². The van der Waals surface area contributed by atoms with Gasteiger partial charge in [-0.1, -0.05) is 133 Å². The summed E-state index contributed by atoms with van der Waals surface area (Å²) >= 11 is 0. The average molecular weight is 562 g/mol. The molecule has 8 aromatic rings. The van der Waals surface area contributed by atoms with Crippen molar-refractivity contribution in [2.24, 2.45) is 0 Å². The van der Waals surface area contributed by atoms with Crippen LogP contribution in [0.2, 0.25) is 0 Å². The van der Waals surface area contributed by atoms with E-state index in [1.165, 1.54) is 76.8 Å². The number of aryl methyl sites for hydroxylation is 2. The van der Waals surface area contributed by atoms with Gasteiger partial charge in [-0.15, -0.1) is 0 Å². The number of benzene rings is 7. The van der Waals surface area contributed by atoms with Crippen molar-refractivity contribution in [2.75, 3.05) is 0 Å². The van der Waals surface area contributed by atoms with Crippen LogP contribution < -0.4 is 0 Å². The molecule has 0 amide bonds. The van der Waals surface area contributed by atoms with Crippen LogP contribution in [0.15, 0.2) is 152 Å². The first-order valence-electron chi connectivity index (χ1n) is 15.2. The molecule has 0 radical (unpaired) electrons. The normalized spacial score (nSPS) is 11.4. The number of hydrogen-bond donors (Lipinski definition) is 0. The van der Waals surface area contributed by atoms with Crippen molar-refractivity contribution in [2.45, 2.75) is 13.8 Å². The van der Waals surface area contributed by atoms with Crippen molar-refractivity contribution < 1.29 is 0 Å². The molecule has 0 spiro atoms. The van der Waals surface area contributed by atoms with E-state index in [9.17, 15) is 0 Å². The molecule has 1 aromatic heterocycles. The van der Waals surface area contributed by atoms with Crippen LogP contribution in [-0.2, 0) is 0 Å². The second-order valence-electron chi connectivity index (χ2n) is 11.7. The van der Waals surface area contributed by atoms with Crippen LogP contribution in [-0.4, -0.2) is 4.98 Å². The van der Waals surface area contributed by atoms with Crippen molar-refractivity contribution in [1.82, 2.24) is 4.98 Å². The Morgan fingerprint density at radius 2 is 0.886 bits per heavy atom. The zero-order valence-electron chi connectivity index (χ0n) is 24.9. The van der Waals surface area contributed by atoms with Gasteiger partial charge in [-0.25, -0.2) is 0 Å². The highest BCUT2D eigenvalue weighted by atomic mass is 14.6. The zero-order chi connectivity index (χ0) is 29.6. The molecule has 1 heteroatoms. The molecular weight excluding hydrogens is 530 g/mol. The highest BCUT2D eigenvalue weighted by Crippen LogP contribution is 2.46. The minimum Gasteiger partial charge on any atom is -0.264 e. The van der Waals surface area contributed by atoms with Crippen molar-refractivity contribution >= 4 is 32.3 Å². The monoisotopic (exact) mass is 561 g/mol. The average Bonchev–Trinajstić information content (AvgIpc) is 3.07. The Bertz CT molecular complexity index is 2290. The van der Waals surface area contributed by atoms with Crippen molar-refractivity contribution in [3.63, 3.8) is 0 Å². The van der Waals surface area contributed by atoms with Gasteiger partial charge in [0.05, 0.1) is 0 Å². The topological polar surface area (TPSA) is 12.9 Å². The van der Waals surface area contributed by atoms with Crippen molar-refractivity contribution in [3.8, 4) is 44.5 Å². The minimum absolute atomic E-state index is 1.14. The van der Waals surface area contributed by atoms with Crippen LogP contribution in [0.1, 0.15) is 11.1 Å². The SMILES string of the molecule is Cc1ccc(-c2cccc3c(-c4c5ccccc5c(-c5cccc(-c6cncc(C)c6)c5)c5ccccc45)cccc23)cc1. The molecule has 0 atom stereocenters. The third-order valence-electron chi connectivity index (χ3n) is 8.85. The van der Waals surface area contributed by atoms with Crippen LogP contribution in [0.3, 0.4) is 0 Å². The number of aromatic nitrogens is 1. The first-order chi connectivity index (χ1) is 21.7. The van der Waals surface area contributed by atoms with Gasteiger partial charge < -0.3 is 0 Å². The first-order valence-corrected chi connectivity index (χ1v) is 15.2. The Balaban J connectivity index is 1.42. The number of hydrogen-bond acceptors (Lipinski definition) is 1.